The minimum Gasteiger partial charge on any atom is -0.456 e. The second-order valence-corrected chi connectivity index (χ2v) is 10.4. The minimum absolute atomic E-state index is 0.916. The van der Waals surface area contributed by atoms with Gasteiger partial charge in [-0.15, -0.1) is 11.3 Å². The van der Waals surface area contributed by atoms with Crippen LogP contribution in [0, 0.1) is 0 Å². The van der Waals surface area contributed by atoms with Crippen LogP contribution >= 0.6 is 11.3 Å². The molecule has 6 aromatic carbocycles. The number of thiophene rings is 1. The van der Waals surface area contributed by atoms with Gasteiger partial charge in [0, 0.05) is 31.1 Å². The lowest BCUT2D eigenvalue weighted by Gasteiger charge is -2.16. The van der Waals surface area contributed by atoms with Crippen molar-refractivity contribution in [2.75, 3.05) is 0 Å². The van der Waals surface area contributed by atoms with Crippen LogP contribution in [0.15, 0.2) is 126 Å². The highest BCUT2D eigenvalue weighted by Crippen LogP contribution is 2.45. The van der Waals surface area contributed by atoms with E-state index in [0.717, 1.165) is 22.3 Å². The van der Waals surface area contributed by atoms with Gasteiger partial charge in [-0.3, -0.25) is 0 Å². The first-order chi connectivity index (χ1) is 17.8. The van der Waals surface area contributed by atoms with Crippen molar-refractivity contribution in [3.05, 3.63) is 121 Å². The molecule has 0 aliphatic heterocycles. The van der Waals surface area contributed by atoms with E-state index in [4.69, 9.17) is 4.42 Å². The minimum atomic E-state index is 0.916. The number of fused-ring (bicyclic) bond motifs is 6. The van der Waals surface area contributed by atoms with Gasteiger partial charge in [0.1, 0.15) is 11.3 Å². The van der Waals surface area contributed by atoms with Crippen molar-refractivity contribution in [1.29, 1.82) is 0 Å². The van der Waals surface area contributed by atoms with Crippen molar-refractivity contribution in [1.82, 2.24) is 0 Å². The third-order valence-corrected chi connectivity index (χ3v) is 8.39. The molecule has 0 N–H and O–H groups in total. The van der Waals surface area contributed by atoms with E-state index in [1.165, 1.54) is 52.8 Å². The molecule has 36 heavy (non-hydrogen) atoms. The largest absolute Gasteiger partial charge is 0.456 e. The first kappa shape index (κ1) is 19.9. The summed E-state index contributed by atoms with van der Waals surface area (Å²) >= 11 is 1.84. The topological polar surface area (TPSA) is 13.1 Å². The number of hydrogen-bond donors (Lipinski definition) is 0. The van der Waals surface area contributed by atoms with Gasteiger partial charge >= 0.3 is 0 Å². The molecule has 0 atom stereocenters. The molecule has 0 aliphatic carbocycles. The quantitative estimate of drug-likeness (QED) is 0.226. The predicted octanol–water partition coefficient (Wildman–Crippen LogP) is 10.4. The molecule has 0 fully saturated rings. The van der Waals surface area contributed by atoms with Crippen LogP contribution in [-0.4, -0.2) is 0 Å². The van der Waals surface area contributed by atoms with Crippen LogP contribution in [0.2, 0.25) is 0 Å². The molecule has 0 unspecified atom stereocenters. The summed E-state index contributed by atoms with van der Waals surface area (Å²) in [5.74, 6) is 0.916. The summed E-state index contributed by atoms with van der Waals surface area (Å²) in [6.45, 7) is 0. The third-order valence-electron chi connectivity index (χ3n) is 7.26. The fourth-order valence-electron chi connectivity index (χ4n) is 5.69. The molecule has 2 heteroatoms. The molecule has 0 amide bonds. The molecule has 8 rings (SSSR count). The Labute approximate surface area is 211 Å². The molecular weight excluding hydrogens is 456 g/mol. The number of benzene rings is 6. The Hall–Kier alpha value is -4.40. The van der Waals surface area contributed by atoms with Crippen LogP contribution in [-0.2, 0) is 0 Å². The summed E-state index contributed by atoms with van der Waals surface area (Å²) < 4.78 is 9.26. The summed E-state index contributed by atoms with van der Waals surface area (Å²) in [6.07, 6.45) is 0. The monoisotopic (exact) mass is 476 g/mol. The van der Waals surface area contributed by atoms with Crippen molar-refractivity contribution < 1.29 is 4.42 Å². The van der Waals surface area contributed by atoms with Crippen LogP contribution < -0.4 is 0 Å². The lowest BCUT2D eigenvalue weighted by Crippen LogP contribution is -1.89. The van der Waals surface area contributed by atoms with Gasteiger partial charge in [-0.25, -0.2) is 0 Å². The SMILES string of the molecule is c1ccc(-c2c3ccccc3c(-c3cc4cc5sc6ccccc6c5cc4o3)c3ccccc23)cc1. The third kappa shape index (κ3) is 2.82. The summed E-state index contributed by atoms with van der Waals surface area (Å²) in [6, 6.07) is 43.5. The first-order valence-corrected chi connectivity index (χ1v) is 13.0. The maximum atomic E-state index is 6.65. The zero-order valence-electron chi connectivity index (χ0n) is 19.4. The molecular formula is C34H20OS. The van der Waals surface area contributed by atoms with E-state index in [9.17, 15) is 0 Å². The average molecular weight is 477 g/mol. The van der Waals surface area contributed by atoms with Gasteiger partial charge in [0.15, 0.2) is 0 Å². The standard InChI is InChI=1S/C34H20OS/c1-2-10-21(11-3-1)33-24-13-4-6-15-26(24)34(27-16-7-5-14-25(27)33)30-18-22-19-32-28(20-29(22)35-30)23-12-8-9-17-31(23)36-32/h1-20H. The molecule has 8 aromatic rings. The molecule has 168 valence electrons. The van der Waals surface area contributed by atoms with E-state index < -0.39 is 0 Å². The van der Waals surface area contributed by atoms with E-state index >= 15 is 0 Å². The van der Waals surface area contributed by atoms with Gasteiger partial charge in [-0.2, -0.15) is 0 Å². The second kappa shape index (κ2) is 7.55. The molecule has 0 saturated heterocycles. The molecule has 0 bridgehead atoms. The highest BCUT2D eigenvalue weighted by atomic mass is 32.1. The fourth-order valence-corrected chi connectivity index (χ4v) is 6.83. The number of furan rings is 1. The van der Waals surface area contributed by atoms with Crippen LogP contribution in [0.4, 0.5) is 0 Å². The highest BCUT2D eigenvalue weighted by Gasteiger charge is 2.19. The Morgan fingerprint density at radius 2 is 1.03 bits per heavy atom. The smallest absolute Gasteiger partial charge is 0.136 e. The molecule has 0 aliphatic rings. The van der Waals surface area contributed by atoms with Crippen molar-refractivity contribution >= 4 is 64.0 Å². The molecule has 0 radical (unpaired) electrons. The molecule has 0 spiro atoms. The Bertz CT molecular complexity index is 2040. The van der Waals surface area contributed by atoms with Crippen LogP contribution in [0.1, 0.15) is 0 Å². The molecule has 0 saturated carbocycles. The number of hydrogen-bond acceptors (Lipinski definition) is 2. The molecule has 2 aromatic heterocycles. The van der Waals surface area contributed by atoms with Gasteiger partial charge in [-0.1, -0.05) is 97.1 Å². The fraction of sp³-hybridized carbons (Fsp3) is 0. The van der Waals surface area contributed by atoms with Crippen molar-refractivity contribution in [3.63, 3.8) is 0 Å². The average Bonchev–Trinajstić information content (AvgIpc) is 3.51. The van der Waals surface area contributed by atoms with Gasteiger partial charge in [0.05, 0.1) is 0 Å². The van der Waals surface area contributed by atoms with Crippen molar-refractivity contribution in [3.8, 4) is 22.5 Å². The Balaban J connectivity index is 1.46. The molecule has 2 heterocycles. The summed E-state index contributed by atoms with van der Waals surface area (Å²) in [5.41, 5.74) is 4.59. The van der Waals surface area contributed by atoms with E-state index in [0.29, 0.717) is 0 Å². The predicted molar refractivity (Wildman–Crippen MR) is 155 cm³/mol. The second-order valence-electron chi connectivity index (χ2n) is 9.30. The Morgan fingerprint density at radius 3 is 1.72 bits per heavy atom. The maximum Gasteiger partial charge on any atom is 0.136 e. The van der Waals surface area contributed by atoms with Gasteiger partial charge in [0.25, 0.3) is 0 Å². The van der Waals surface area contributed by atoms with Crippen LogP contribution in [0.5, 0.6) is 0 Å². The van der Waals surface area contributed by atoms with Gasteiger partial charge in [-0.05, 0) is 56.9 Å². The van der Waals surface area contributed by atoms with Crippen molar-refractivity contribution in [2.45, 2.75) is 0 Å². The van der Waals surface area contributed by atoms with Crippen LogP contribution in [0.25, 0.3) is 75.1 Å². The Kier molecular flexibility index (Phi) is 4.16. The van der Waals surface area contributed by atoms with E-state index in [-0.39, 0.29) is 0 Å². The van der Waals surface area contributed by atoms with E-state index in [1.807, 2.05) is 11.3 Å². The van der Waals surface area contributed by atoms with Gasteiger partial charge in [0.2, 0.25) is 0 Å². The summed E-state index contributed by atoms with van der Waals surface area (Å²) in [4.78, 5) is 0. The Morgan fingerprint density at radius 1 is 0.444 bits per heavy atom. The summed E-state index contributed by atoms with van der Waals surface area (Å²) in [7, 11) is 0. The number of rotatable bonds is 2. The van der Waals surface area contributed by atoms with Gasteiger partial charge < -0.3 is 4.42 Å². The van der Waals surface area contributed by atoms with E-state index in [1.54, 1.807) is 0 Å². The maximum absolute atomic E-state index is 6.65. The normalized spacial score (nSPS) is 11.9. The zero-order chi connectivity index (χ0) is 23.6. The zero-order valence-corrected chi connectivity index (χ0v) is 20.2. The van der Waals surface area contributed by atoms with E-state index in [2.05, 4.69) is 121 Å². The van der Waals surface area contributed by atoms with Crippen LogP contribution in [0.3, 0.4) is 0 Å². The lowest BCUT2D eigenvalue weighted by molar-refractivity contribution is 0.633. The highest BCUT2D eigenvalue weighted by molar-refractivity contribution is 7.25. The lowest BCUT2D eigenvalue weighted by atomic mass is 9.87. The first-order valence-electron chi connectivity index (χ1n) is 12.2. The molecule has 1 nitrogen and oxygen atoms in total. The summed E-state index contributed by atoms with van der Waals surface area (Å²) in [5, 5.41) is 8.60. The van der Waals surface area contributed by atoms with Crippen molar-refractivity contribution in [2.24, 2.45) is 0 Å².